The summed E-state index contributed by atoms with van der Waals surface area (Å²) < 4.78 is 29.9. The predicted octanol–water partition coefficient (Wildman–Crippen LogP) is 3.18. The minimum Gasteiger partial charge on any atom is -0.379 e. The number of carbonyl (C=O) groups is 1. The predicted molar refractivity (Wildman–Crippen MR) is 86.8 cm³/mol. The van der Waals surface area contributed by atoms with Crippen LogP contribution in [0.5, 0.6) is 5.75 Å². The Bertz CT molecular complexity index is 916. The molecule has 0 aromatic heterocycles. The fourth-order valence-electron chi connectivity index (χ4n) is 2.09. The lowest BCUT2D eigenvalue weighted by molar-refractivity contribution is -0.385. The zero-order valence-electron chi connectivity index (χ0n) is 13.3. The van der Waals surface area contributed by atoms with Gasteiger partial charge in [0.05, 0.1) is 4.92 Å². The number of rotatable bonds is 5. The molecule has 2 aromatic rings. The van der Waals surface area contributed by atoms with Crippen molar-refractivity contribution in [2.45, 2.75) is 25.7 Å². The Kier molecular flexibility index (Phi) is 4.70. The van der Waals surface area contributed by atoms with E-state index in [2.05, 4.69) is 0 Å². The molecular weight excluding hydrogens is 334 g/mol. The zero-order chi connectivity index (χ0) is 18.1. The highest BCUT2D eigenvalue weighted by Gasteiger charge is 2.24. The smallest absolute Gasteiger partial charge is 0.339 e. The van der Waals surface area contributed by atoms with Gasteiger partial charge in [0.1, 0.15) is 10.6 Å². The van der Waals surface area contributed by atoms with Crippen LogP contribution < -0.4 is 4.18 Å². The molecule has 0 unspecified atom stereocenters. The lowest BCUT2D eigenvalue weighted by Crippen LogP contribution is -2.12. The molecule has 0 atom stereocenters. The summed E-state index contributed by atoms with van der Waals surface area (Å²) in [6.45, 7) is 4.53. The van der Waals surface area contributed by atoms with Crippen molar-refractivity contribution >= 4 is 21.6 Å². The molecule has 0 heterocycles. The molecule has 0 spiro atoms. The summed E-state index contributed by atoms with van der Waals surface area (Å²) in [6, 6.07) is 7.87. The molecule has 2 aromatic carbocycles. The van der Waals surface area contributed by atoms with E-state index in [0.717, 1.165) is 6.07 Å². The Morgan fingerprint density at radius 2 is 1.71 bits per heavy atom. The summed E-state index contributed by atoms with van der Waals surface area (Å²) in [6.07, 6.45) is 0. The summed E-state index contributed by atoms with van der Waals surface area (Å²) in [5.74, 6) is -0.141. The van der Waals surface area contributed by atoms with E-state index in [4.69, 9.17) is 4.18 Å². The van der Waals surface area contributed by atoms with Gasteiger partial charge in [-0.15, -0.1) is 0 Å². The van der Waals surface area contributed by atoms with Crippen molar-refractivity contribution in [2.24, 2.45) is 0 Å². The number of aryl methyl sites for hydroxylation is 1. The second kappa shape index (κ2) is 6.40. The van der Waals surface area contributed by atoms with Gasteiger partial charge in [-0.1, -0.05) is 0 Å². The van der Waals surface area contributed by atoms with Gasteiger partial charge >= 0.3 is 10.1 Å². The van der Waals surface area contributed by atoms with Crippen LogP contribution in [-0.2, 0) is 10.1 Å². The molecule has 0 aliphatic carbocycles. The zero-order valence-corrected chi connectivity index (χ0v) is 14.1. The third-order valence-corrected chi connectivity index (χ3v) is 4.93. The number of nitrogens with zero attached hydrogens (tertiary/aromatic N) is 1. The van der Waals surface area contributed by atoms with Gasteiger partial charge in [0.2, 0.25) is 0 Å². The minimum atomic E-state index is -4.24. The number of non-ortho nitro benzene ring substituents is 1. The van der Waals surface area contributed by atoms with Crippen LogP contribution in [0.4, 0.5) is 5.69 Å². The maximum atomic E-state index is 12.5. The molecule has 0 aliphatic heterocycles. The summed E-state index contributed by atoms with van der Waals surface area (Å²) in [5, 5.41) is 10.9. The third kappa shape index (κ3) is 3.60. The molecular formula is C16H15NO6S. The second-order valence-electron chi connectivity index (χ2n) is 5.26. The third-order valence-electron chi connectivity index (χ3n) is 3.55. The van der Waals surface area contributed by atoms with Gasteiger partial charge < -0.3 is 4.18 Å². The number of hydrogen-bond donors (Lipinski definition) is 0. The van der Waals surface area contributed by atoms with Gasteiger partial charge in [-0.25, -0.2) is 0 Å². The van der Waals surface area contributed by atoms with Crippen LogP contribution in [0, 0.1) is 24.0 Å². The number of Topliss-reactive ketones (excluding diaryl/α,β-unsaturated/α-hetero) is 1. The van der Waals surface area contributed by atoms with Crippen LogP contribution in [0.15, 0.2) is 41.3 Å². The first-order valence-corrected chi connectivity index (χ1v) is 8.34. The molecule has 2 rings (SSSR count). The second-order valence-corrected chi connectivity index (χ2v) is 6.78. The first-order chi connectivity index (χ1) is 11.1. The Morgan fingerprint density at radius 1 is 1.12 bits per heavy atom. The van der Waals surface area contributed by atoms with Crippen LogP contribution >= 0.6 is 0 Å². The van der Waals surface area contributed by atoms with E-state index in [-0.39, 0.29) is 22.1 Å². The Labute approximate surface area is 139 Å². The van der Waals surface area contributed by atoms with E-state index in [9.17, 15) is 23.3 Å². The normalized spacial score (nSPS) is 11.1. The maximum Gasteiger partial charge on any atom is 0.339 e. The van der Waals surface area contributed by atoms with Crippen LogP contribution in [-0.4, -0.2) is 19.1 Å². The van der Waals surface area contributed by atoms with Gasteiger partial charge in [-0.3, -0.25) is 14.9 Å². The summed E-state index contributed by atoms with van der Waals surface area (Å²) >= 11 is 0. The fraction of sp³-hybridized carbons (Fsp3) is 0.188. The topological polar surface area (TPSA) is 104 Å². The Hall–Kier alpha value is -2.74. The van der Waals surface area contributed by atoms with Crippen molar-refractivity contribution in [1.82, 2.24) is 0 Å². The largest absolute Gasteiger partial charge is 0.379 e. The van der Waals surface area contributed by atoms with Crippen molar-refractivity contribution in [3.05, 3.63) is 63.2 Å². The molecule has 126 valence electrons. The minimum absolute atomic E-state index is 0.0172. The molecule has 7 nitrogen and oxygen atoms in total. The first-order valence-electron chi connectivity index (χ1n) is 6.93. The molecule has 24 heavy (non-hydrogen) atoms. The molecule has 0 N–H and O–H groups in total. The average molecular weight is 349 g/mol. The molecule has 0 saturated heterocycles. The number of nitro benzene ring substituents is 1. The molecule has 0 saturated carbocycles. The van der Waals surface area contributed by atoms with Gasteiger partial charge in [0.25, 0.3) is 5.69 Å². The van der Waals surface area contributed by atoms with Crippen LogP contribution in [0.1, 0.15) is 28.4 Å². The van der Waals surface area contributed by atoms with Crippen molar-refractivity contribution < 1.29 is 22.3 Å². The van der Waals surface area contributed by atoms with Crippen molar-refractivity contribution in [2.75, 3.05) is 0 Å². The van der Waals surface area contributed by atoms with Gasteiger partial charge in [0, 0.05) is 17.7 Å². The van der Waals surface area contributed by atoms with E-state index in [1.807, 2.05) is 0 Å². The summed E-state index contributed by atoms with van der Waals surface area (Å²) in [5.41, 5.74) is 0.939. The molecule has 8 heteroatoms. The van der Waals surface area contributed by atoms with E-state index in [1.165, 1.54) is 37.3 Å². The monoisotopic (exact) mass is 349 g/mol. The van der Waals surface area contributed by atoms with E-state index in [1.54, 1.807) is 13.8 Å². The quantitative estimate of drug-likeness (QED) is 0.355. The first kappa shape index (κ1) is 17.6. The number of ketones is 1. The van der Waals surface area contributed by atoms with Crippen molar-refractivity contribution in [3.8, 4) is 5.75 Å². The fourth-order valence-corrected chi connectivity index (χ4v) is 3.35. The van der Waals surface area contributed by atoms with Crippen molar-refractivity contribution in [1.29, 1.82) is 0 Å². The van der Waals surface area contributed by atoms with Gasteiger partial charge in [0.15, 0.2) is 5.78 Å². The van der Waals surface area contributed by atoms with E-state index < -0.39 is 15.0 Å². The molecule has 0 aliphatic rings. The number of hydrogen-bond acceptors (Lipinski definition) is 6. The molecule has 0 amide bonds. The SMILES string of the molecule is CC(=O)c1ccc(OS(=O)(=O)c2cc([N+](=O)[O-])cc(C)c2C)cc1. The molecule has 0 radical (unpaired) electrons. The van der Waals surface area contributed by atoms with Crippen LogP contribution in [0.3, 0.4) is 0 Å². The molecule has 0 bridgehead atoms. The highest BCUT2D eigenvalue weighted by molar-refractivity contribution is 7.87. The standard InChI is InChI=1S/C16H15NO6S/c1-10-8-14(17(19)20)9-16(11(10)2)24(21,22)23-15-6-4-13(5-7-15)12(3)18/h4-9H,1-3H3. The highest BCUT2D eigenvalue weighted by Crippen LogP contribution is 2.28. The van der Waals surface area contributed by atoms with Crippen molar-refractivity contribution in [3.63, 3.8) is 0 Å². The number of nitro groups is 1. The Balaban J connectivity index is 2.43. The maximum absolute atomic E-state index is 12.5. The highest BCUT2D eigenvalue weighted by atomic mass is 32.2. The Morgan fingerprint density at radius 3 is 2.21 bits per heavy atom. The van der Waals surface area contributed by atoms with Crippen LogP contribution in [0.2, 0.25) is 0 Å². The number of benzene rings is 2. The van der Waals surface area contributed by atoms with Gasteiger partial charge in [-0.05, 0) is 56.2 Å². The molecule has 0 fully saturated rings. The number of carbonyl (C=O) groups excluding carboxylic acids is 1. The summed E-state index contributed by atoms with van der Waals surface area (Å²) in [7, 11) is -4.24. The van der Waals surface area contributed by atoms with E-state index >= 15 is 0 Å². The van der Waals surface area contributed by atoms with Gasteiger partial charge in [-0.2, -0.15) is 8.42 Å². The van der Waals surface area contributed by atoms with E-state index in [0.29, 0.717) is 16.7 Å². The van der Waals surface area contributed by atoms with Crippen LogP contribution in [0.25, 0.3) is 0 Å². The average Bonchev–Trinajstić information content (AvgIpc) is 2.49. The summed E-state index contributed by atoms with van der Waals surface area (Å²) in [4.78, 5) is 21.2. The lowest BCUT2D eigenvalue weighted by Gasteiger charge is -2.11. The lowest BCUT2D eigenvalue weighted by atomic mass is 10.1.